The Hall–Kier alpha value is -1.84. The van der Waals surface area contributed by atoms with Crippen molar-refractivity contribution in [3.05, 3.63) is 15.8 Å². The van der Waals surface area contributed by atoms with Gasteiger partial charge in [0.2, 0.25) is 5.91 Å². The molecule has 0 spiro atoms. The number of hydrogen-bond donors (Lipinski definition) is 1. The summed E-state index contributed by atoms with van der Waals surface area (Å²) in [6, 6.07) is 1.79. The summed E-state index contributed by atoms with van der Waals surface area (Å²) in [7, 11) is 0. The monoisotopic (exact) mass is 417 g/mol. The molecule has 3 rings (SSSR count). The lowest BCUT2D eigenvalue weighted by Gasteiger charge is -2.37. The summed E-state index contributed by atoms with van der Waals surface area (Å²) < 4.78 is 5.50. The van der Waals surface area contributed by atoms with Crippen molar-refractivity contribution >= 4 is 28.9 Å². The molecule has 2 heterocycles. The van der Waals surface area contributed by atoms with Gasteiger partial charge in [-0.15, -0.1) is 11.3 Å². The van der Waals surface area contributed by atoms with Crippen molar-refractivity contribution in [2.45, 2.75) is 65.3 Å². The van der Waals surface area contributed by atoms with E-state index in [9.17, 15) is 14.7 Å². The Morgan fingerprint density at radius 1 is 1.17 bits per heavy atom. The van der Waals surface area contributed by atoms with E-state index in [0.29, 0.717) is 29.7 Å². The highest BCUT2D eigenvalue weighted by Gasteiger charge is 2.36. The van der Waals surface area contributed by atoms with Gasteiger partial charge in [-0.05, 0) is 50.5 Å². The number of carboxylic acids is 1. The lowest BCUT2D eigenvalue weighted by Crippen LogP contribution is -2.47. The minimum Gasteiger partial charge on any atom is -0.477 e. The van der Waals surface area contributed by atoms with E-state index in [0.717, 1.165) is 38.5 Å². The molecule has 0 radical (unpaired) electrons. The highest BCUT2D eigenvalue weighted by atomic mass is 32.1. The van der Waals surface area contributed by atoms with E-state index >= 15 is 0 Å². The Morgan fingerprint density at radius 2 is 1.83 bits per heavy atom. The fourth-order valence-corrected chi connectivity index (χ4v) is 4.98. The molecule has 1 aliphatic heterocycles. The summed E-state index contributed by atoms with van der Waals surface area (Å²) >= 11 is 1.17. The quantitative estimate of drug-likeness (QED) is 0.715. The molecule has 1 N–H and O–H groups in total. The number of ether oxygens (including phenoxy) is 1. The van der Waals surface area contributed by atoms with E-state index in [-0.39, 0.29) is 28.7 Å². The maximum absolute atomic E-state index is 13.6. The third-order valence-corrected chi connectivity index (χ3v) is 6.84. The largest absolute Gasteiger partial charge is 0.477 e. The number of amides is 1. The Morgan fingerprint density at radius 3 is 2.41 bits per heavy atom. The minimum absolute atomic E-state index is 0.0193. The van der Waals surface area contributed by atoms with Crippen molar-refractivity contribution in [2.24, 2.45) is 17.8 Å². The first kappa shape index (κ1) is 21.9. The second kappa shape index (κ2) is 9.77. The van der Waals surface area contributed by atoms with E-state index in [1.54, 1.807) is 4.90 Å². The first-order chi connectivity index (χ1) is 13.9. The first-order valence-corrected chi connectivity index (χ1v) is 11.5. The molecule has 6 heteroatoms. The zero-order valence-electron chi connectivity index (χ0n) is 17.6. The van der Waals surface area contributed by atoms with E-state index in [2.05, 4.69) is 18.8 Å². The van der Waals surface area contributed by atoms with E-state index in [1.165, 1.54) is 11.3 Å². The predicted molar refractivity (Wildman–Crippen MR) is 115 cm³/mol. The zero-order chi connectivity index (χ0) is 21.0. The summed E-state index contributed by atoms with van der Waals surface area (Å²) in [6.45, 7) is 7.44. The second-order valence-electron chi connectivity index (χ2n) is 8.56. The average Bonchev–Trinajstić information content (AvgIpc) is 3.12. The fraction of sp³-hybridized carbons (Fsp3) is 0.652. The molecular weight excluding hydrogens is 386 g/mol. The van der Waals surface area contributed by atoms with Gasteiger partial charge in [0.15, 0.2) is 0 Å². The Bertz CT molecular complexity index is 790. The fourth-order valence-electron chi connectivity index (χ4n) is 4.13. The van der Waals surface area contributed by atoms with Gasteiger partial charge in [0.1, 0.15) is 4.88 Å². The molecule has 1 saturated heterocycles. The van der Waals surface area contributed by atoms with Crippen LogP contribution in [-0.2, 0) is 9.53 Å². The van der Waals surface area contributed by atoms with Crippen molar-refractivity contribution in [3.8, 4) is 11.8 Å². The van der Waals surface area contributed by atoms with Crippen LogP contribution in [0.3, 0.4) is 0 Å². The van der Waals surface area contributed by atoms with Gasteiger partial charge in [-0.25, -0.2) is 4.79 Å². The van der Waals surface area contributed by atoms with Gasteiger partial charge in [0, 0.05) is 31.1 Å². The van der Waals surface area contributed by atoms with Crippen LogP contribution in [-0.4, -0.2) is 36.2 Å². The van der Waals surface area contributed by atoms with Gasteiger partial charge in [0.25, 0.3) is 0 Å². The van der Waals surface area contributed by atoms with E-state index in [4.69, 9.17) is 4.74 Å². The van der Waals surface area contributed by atoms with Crippen LogP contribution in [0.25, 0.3) is 0 Å². The smallest absolute Gasteiger partial charge is 0.348 e. The van der Waals surface area contributed by atoms with Crippen LogP contribution in [0.15, 0.2) is 6.07 Å². The molecule has 1 aromatic rings. The molecule has 0 atom stereocenters. The standard InChI is InChI=1S/C23H31NO4S/c1-15(2)4-9-19-14-20(21(29-19)23(26)27)24(18-10-12-28-13-11-18)22(25)17-7-5-16(3)6-8-17/h14-18H,5-8,10-13H2,1-3H3,(H,26,27)/t16-,17-. The Kier molecular flexibility index (Phi) is 7.37. The summed E-state index contributed by atoms with van der Waals surface area (Å²) in [5.41, 5.74) is 0.520. The molecule has 1 aromatic heterocycles. The molecule has 2 aliphatic rings. The van der Waals surface area contributed by atoms with Crippen LogP contribution >= 0.6 is 11.3 Å². The number of rotatable bonds is 4. The van der Waals surface area contributed by atoms with Crippen LogP contribution in [0.4, 0.5) is 5.69 Å². The highest BCUT2D eigenvalue weighted by molar-refractivity contribution is 7.15. The number of carbonyl (C=O) groups is 2. The molecule has 1 aliphatic carbocycles. The summed E-state index contributed by atoms with van der Waals surface area (Å²) in [4.78, 5) is 28.3. The molecular formula is C23H31NO4S. The molecule has 1 saturated carbocycles. The zero-order valence-corrected chi connectivity index (χ0v) is 18.4. The molecule has 158 valence electrons. The van der Waals surface area contributed by atoms with Crippen LogP contribution in [0.2, 0.25) is 0 Å². The Labute approximate surface area is 177 Å². The van der Waals surface area contributed by atoms with Gasteiger partial charge >= 0.3 is 5.97 Å². The lowest BCUT2D eigenvalue weighted by atomic mass is 9.82. The molecule has 2 fully saturated rings. The number of nitrogens with zero attached hydrogens (tertiary/aromatic N) is 1. The van der Waals surface area contributed by atoms with E-state index < -0.39 is 5.97 Å². The third-order valence-electron chi connectivity index (χ3n) is 5.81. The molecule has 0 unspecified atom stereocenters. The van der Waals surface area contributed by atoms with Crippen LogP contribution < -0.4 is 4.90 Å². The van der Waals surface area contributed by atoms with E-state index in [1.807, 2.05) is 19.9 Å². The van der Waals surface area contributed by atoms with Crippen LogP contribution in [0.1, 0.15) is 73.8 Å². The van der Waals surface area contributed by atoms with Gasteiger partial charge in [-0.2, -0.15) is 0 Å². The van der Waals surface area contributed by atoms with Crippen LogP contribution in [0, 0.1) is 29.6 Å². The summed E-state index contributed by atoms with van der Waals surface area (Å²) in [5, 5.41) is 9.83. The van der Waals surface area contributed by atoms with Crippen molar-refractivity contribution in [3.63, 3.8) is 0 Å². The van der Waals surface area contributed by atoms with Crippen molar-refractivity contribution in [1.29, 1.82) is 0 Å². The van der Waals surface area contributed by atoms with Gasteiger partial charge in [-0.1, -0.05) is 32.6 Å². The van der Waals surface area contributed by atoms with Gasteiger partial charge in [-0.3, -0.25) is 4.79 Å². The van der Waals surface area contributed by atoms with Gasteiger partial charge < -0.3 is 14.7 Å². The number of aromatic carboxylic acids is 1. The van der Waals surface area contributed by atoms with Crippen molar-refractivity contribution < 1.29 is 19.4 Å². The Balaban J connectivity index is 1.98. The summed E-state index contributed by atoms with van der Waals surface area (Å²) in [5.74, 6) is 6.10. The van der Waals surface area contributed by atoms with Crippen molar-refractivity contribution in [2.75, 3.05) is 18.1 Å². The molecule has 1 amide bonds. The van der Waals surface area contributed by atoms with Gasteiger partial charge in [0.05, 0.1) is 10.6 Å². The molecule has 29 heavy (non-hydrogen) atoms. The number of anilines is 1. The summed E-state index contributed by atoms with van der Waals surface area (Å²) in [6.07, 6.45) is 5.34. The highest BCUT2D eigenvalue weighted by Crippen LogP contribution is 2.37. The predicted octanol–water partition coefficient (Wildman–Crippen LogP) is 4.79. The second-order valence-corrected chi connectivity index (χ2v) is 9.61. The first-order valence-electron chi connectivity index (χ1n) is 10.7. The normalized spacial score (nSPS) is 22.8. The number of carbonyl (C=O) groups excluding carboxylic acids is 1. The third kappa shape index (κ3) is 5.40. The maximum atomic E-state index is 13.6. The topological polar surface area (TPSA) is 66.8 Å². The van der Waals surface area contributed by atoms with Crippen LogP contribution in [0.5, 0.6) is 0 Å². The molecule has 0 aromatic carbocycles. The lowest BCUT2D eigenvalue weighted by molar-refractivity contribution is -0.124. The number of thiophene rings is 1. The number of hydrogen-bond acceptors (Lipinski definition) is 4. The minimum atomic E-state index is -0.996. The average molecular weight is 418 g/mol. The maximum Gasteiger partial charge on any atom is 0.348 e. The number of carboxylic acid groups (broad SMARTS) is 1. The SMILES string of the molecule is CC(C)C#Cc1cc(N(C(=O)[C@H]2CC[C@H](C)CC2)C2CCOCC2)c(C(=O)O)s1. The van der Waals surface area contributed by atoms with Crippen molar-refractivity contribution in [1.82, 2.24) is 0 Å². The molecule has 5 nitrogen and oxygen atoms in total. The molecule has 0 bridgehead atoms.